The monoisotopic (exact) mass is 493 g/mol. The van der Waals surface area contributed by atoms with Gasteiger partial charge in [0.1, 0.15) is 16.7 Å². The van der Waals surface area contributed by atoms with Gasteiger partial charge in [-0.15, -0.1) is 11.3 Å². The molecular weight excluding hydrogens is 468 g/mol. The number of ether oxygens (including phenoxy) is 1. The molecule has 10 heteroatoms. The molecule has 0 aliphatic carbocycles. The van der Waals surface area contributed by atoms with Crippen LogP contribution in [0.1, 0.15) is 41.9 Å². The highest BCUT2D eigenvalue weighted by atomic mass is 32.1. The minimum atomic E-state index is -4.33. The number of hydrogen-bond acceptors (Lipinski definition) is 6. The molecule has 1 heterocycles. The highest BCUT2D eigenvalue weighted by Gasteiger charge is 2.40. The third-order valence-corrected chi connectivity index (χ3v) is 7.82. The van der Waals surface area contributed by atoms with E-state index in [2.05, 4.69) is 5.09 Å². The number of carbonyl (C=O) groups is 2. The molecule has 0 saturated carbocycles. The predicted molar refractivity (Wildman–Crippen MR) is 126 cm³/mol. The molecule has 0 aliphatic heterocycles. The van der Waals surface area contributed by atoms with Gasteiger partial charge in [0.15, 0.2) is 0 Å². The highest BCUT2D eigenvalue weighted by molar-refractivity contribution is 7.57. The van der Waals surface area contributed by atoms with Crippen molar-refractivity contribution in [2.75, 3.05) is 6.61 Å². The number of carboxylic acid groups (broad SMARTS) is 1. The zero-order chi connectivity index (χ0) is 24.2. The first-order valence-corrected chi connectivity index (χ1v) is 12.8. The van der Waals surface area contributed by atoms with Crippen molar-refractivity contribution < 1.29 is 32.9 Å². The van der Waals surface area contributed by atoms with Gasteiger partial charge in [0, 0.05) is 4.70 Å². The molecule has 7 nitrogen and oxygen atoms in total. The maximum atomic E-state index is 15.8. The maximum absolute atomic E-state index is 15.8. The molecule has 2 aromatic carbocycles. The number of fused-ring (bicyclic) bond motifs is 1. The average molecular weight is 493 g/mol. The number of aromatic carboxylic acids is 1. The van der Waals surface area contributed by atoms with Crippen LogP contribution in [0.4, 0.5) is 4.39 Å². The molecule has 0 radical (unpaired) electrons. The van der Waals surface area contributed by atoms with Crippen molar-refractivity contribution in [3.63, 3.8) is 0 Å². The van der Waals surface area contributed by atoms with Gasteiger partial charge in [-0.3, -0.25) is 9.36 Å². The molecule has 0 saturated heterocycles. The topological polar surface area (TPSA) is 102 Å². The molecule has 2 N–H and O–H groups in total. The zero-order valence-corrected chi connectivity index (χ0v) is 20.1. The number of rotatable bonds is 10. The van der Waals surface area contributed by atoms with Crippen molar-refractivity contribution in [3.05, 3.63) is 65.0 Å². The molecular formula is C23H25FNO6PS. The second kappa shape index (κ2) is 10.5. The molecule has 2 unspecified atom stereocenters. The lowest BCUT2D eigenvalue weighted by molar-refractivity contribution is -0.146. The van der Waals surface area contributed by atoms with Crippen molar-refractivity contribution >= 4 is 40.9 Å². The lowest BCUT2D eigenvalue weighted by atomic mass is 10.2. The van der Waals surface area contributed by atoms with Crippen molar-refractivity contribution in [1.29, 1.82) is 0 Å². The van der Waals surface area contributed by atoms with Gasteiger partial charge in [0.05, 0.1) is 6.61 Å². The van der Waals surface area contributed by atoms with Gasteiger partial charge in [-0.1, -0.05) is 38.1 Å². The Morgan fingerprint density at radius 3 is 2.45 bits per heavy atom. The molecule has 33 heavy (non-hydrogen) atoms. The number of halogens is 1. The van der Waals surface area contributed by atoms with Gasteiger partial charge < -0.3 is 14.4 Å². The first-order chi connectivity index (χ1) is 15.6. The Hall–Kier alpha value is -2.74. The van der Waals surface area contributed by atoms with E-state index in [0.717, 1.165) is 11.3 Å². The number of carbonyl (C=O) groups excluding carboxylic acids is 1. The summed E-state index contributed by atoms with van der Waals surface area (Å²) in [5.41, 5.74) is 0.0340. The Morgan fingerprint density at radius 2 is 1.82 bits per heavy atom. The van der Waals surface area contributed by atoms with E-state index in [1.165, 1.54) is 37.3 Å². The summed E-state index contributed by atoms with van der Waals surface area (Å²) in [7, 11) is -4.33. The molecule has 0 fully saturated rings. The third-order valence-electron chi connectivity index (χ3n) is 4.59. The molecule has 3 aromatic rings. The number of para-hydroxylation sites is 1. The molecule has 3 atom stereocenters. The fraction of sp³-hybridized carbons (Fsp3) is 0.304. The van der Waals surface area contributed by atoms with Crippen LogP contribution < -0.4 is 9.61 Å². The van der Waals surface area contributed by atoms with Gasteiger partial charge in [-0.05, 0) is 54.1 Å². The lowest BCUT2D eigenvalue weighted by Crippen LogP contribution is -2.36. The van der Waals surface area contributed by atoms with Gasteiger partial charge >= 0.3 is 19.5 Å². The van der Waals surface area contributed by atoms with E-state index in [-0.39, 0.29) is 28.7 Å². The Bertz CT molecular complexity index is 1180. The SMILES string of the molecule is CC(C)COC(=O)[C@H](C)NP(=O)(Oc1ccccc1)C(F)c1ccc2sc(C(=O)O)cc2c1. The summed E-state index contributed by atoms with van der Waals surface area (Å²) in [5, 5.41) is 12.2. The molecule has 0 bridgehead atoms. The van der Waals surface area contributed by atoms with Crippen LogP contribution in [0.25, 0.3) is 10.1 Å². The fourth-order valence-corrected chi connectivity index (χ4v) is 5.78. The second-order valence-corrected chi connectivity index (χ2v) is 11.1. The van der Waals surface area contributed by atoms with E-state index >= 15 is 4.39 Å². The fourth-order valence-electron chi connectivity index (χ4n) is 2.98. The average Bonchev–Trinajstić information content (AvgIpc) is 3.21. The van der Waals surface area contributed by atoms with Crippen molar-refractivity contribution in [3.8, 4) is 5.75 Å². The Kier molecular flexibility index (Phi) is 7.89. The van der Waals surface area contributed by atoms with Gasteiger partial charge in [0.25, 0.3) is 0 Å². The summed E-state index contributed by atoms with van der Waals surface area (Å²) in [6, 6.07) is 12.9. The Labute approximate surface area is 195 Å². The number of alkyl halides is 1. The van der Waals surface area contributed by atoms with E-state index in [4.69, 9.17) is 9.26 Å². The summed E-state index contributed by atoms with van der Waals surface area (Å²) in [4.78, 5) is 23.7. The standard InChI is InChI=1S/C23H25FNO6PS/c1-14(2)13-30-23(28)15(3)25-32(29,31-18-7-5-4-6-8-18)21(24)16-9-10-19-17(11-16)12-20(33-19)22(26)27/h4-12,14-15,21H,13H2,1-3H3,(H,25,29)(H,26,27)/t15-,21?,32?/m0/s1. The Morgan fingerprint density at radius 1 is 1.12 bits per heavy atom. The molecule has 0 aliphatic rings. The van der Waals surface area contributed by atoms with Crippen LogP contribution >= 0.6 is 18.9 Å². The van der Waals surface area contributed by atoms with Crippen LogP contribution in [-0.2, 0) is 14.1 Å². The summed E-state index contributed by atoms with van der Waals surface area (Å²) < 4.78 is 41.0. The second-order valence-electron chi connectivity index (χ2n) is 7.92. The molecule has 3 rings (SSSR count). The van der Waals surface area contributed by atoms with Crippen LogP contribution in [0, 0.1) is 5.92 Å². The summed E-state index contributed by atoms with van der Waals surface area (Å²) >= 11 is 1.06. The summed E-state index contributed by atoms with van der Waals surface area (Å²) in [6.07, 6.45) is 0. The van der Waals surface area contributed by atoms with E-state index in [1.54, 1.807) is 24.3 Å². The van der Waals surface area contributed by atoms with Crippen LogP contribution in [0.3, 0.4) is 0 Å². The van der Waals surface area contributed by atoms with Crippen molar-refractivity contribution in [2.24, 2.45) is 5.92 Å². The largest absolute Gasteiger partial charge is 0.477 e. The number of thiophene rings is 1. The molecule has 176 valence electrons. The molecule has 0 spiro atoms. The number of esters is 1. The van der Waals surface area contributed by atoms with Crippen LogP contribution in [0.5, 0.6) is 5.75 Å². The molecule has 0 amide bonds. The Balaban J connectivity index is 1.92. The summed E-state index contributed by atoms with van der Waals surface area (Å²) in [6.45, 7) is 5.36. The van der Waals surface area contributed by atoms with Crippen molar-refractivity contribution in [1.82, 2.24) is 5.09 Å². The van der Waals surface area contributed by atoms with Crippen molar-refractivity contribution in [2.45, 2.75) is 32.7 Å². The first kappa shape index (κ1) is 24.9. The van der Waals surface area contributed by atoms with Gasteiger partial charge in [0.2, 0.25) is 5.91 Å². The van der Waals surface area contributed by atoms with Gasteiger partial charge in [-0.25, -0.2) is 14.3 Å². The highest BCUT2D eigenvalue weighted by Crippen LogP contribution is 2.58. The number of carboxylic acids is 1. The van der Waals surface area contributed by atoms with Crippen LogP contribution in [-0.4, -0.2) is 29.7 Å². The number of nitrogens with one attached hydrogen (secondary N) is 1. The number of hydrogen-bond donors (Lipinski definition) is 2. The van der Waals surface area contributed by atoms with E-state index in [9.17, 15) is 19.3 Å². The quantitative estimate of drug-likeness (QED) is 0.263. The van der Waals surface area contributed by atoms with Gasteiger partial charge in [-0.2, -0.15) is 0 Å². The molecule has 1 aromatic heterocycles. The maximum Gasteiger partial charge on any atom is 0.355 e. The predicted octanol–water partition coefficient (Wildman–Crippen LogP) is 6.02. The first-order valence-electron chi connectivity index (χ1n) is 10.3. The minimum absolute atomic E-state index is 0.0340. The minimum Gasteiger partial charge on any atom is -0.477 e. The lowest BCUT2D eigenvalue weighted by Gasteiger charge is -2.26. The van der Waals surface area contributed by atoms with Crippen LogP contribution in [0.2, 0.25) is 0 Å². The number of benzene rings is 2. The zero-order valence-electron chi connectivity index (χ0n) is 18.4. The normalized spacial score (nSPS) is 15.1. The van der Waals surface area contributed by atoms with E-state index in [0.29, 0.717) is 10.1 Å². The van der Waals surface area contributed by atoms with E-state index in [1.807, 2.05) is 13.8 Å². The third kappa shape index (κ3) is 6.19. The smallest absolute Gasteiger partial charge is 0.355 e. The summed E-state index contributed by atoms with van der Waals surface area (Å²) in [5.74, 6) is -3.61. The van der Waals surface area contributed by atoms with Crippen LogP contribution in [0.15, 0.2) is 54.6 Å². The van der Waals surface area contributed by atoms with E-state index < -0.39 is 31.4 Å².